The molecule has 2 aliphatic rings. The maximum Gasteiger partial charge on any atom is 0.167 e. The van der Waals surface area contributed by atoms with E-state index in [4.69, 9.17) is 15.2 Å². The van der Waals surface area contributed by atoms with Crippen molar-refractivity contribution in [1.82, 2.24) is 0 Å². The summed E-state index contributed by atoms with van der Waals surface area (Å²) >= 11 is 0. The van der Waals surface area contributed by atoms with Gasteiger partial charge < -0.3 is 20.1 Å². The van der Waals surface area contributed by atoms with Crippen molar-refractivity contribution in [2.45, 2.75) is 45.0 Å². The van der Waals surface area contributed by atoms with Gasteiger partial charge in [-0.1, -0.05) is 0 Å². The molecule has 2 atom stereocenters. The Morgan fingerprint density at radius 1 is 1.30 bits per heavy atom. The van der Waals surface area contributed by atoms with Crippen LogP contribution in [0.3, 0.4) is 0 Å². The first kappa shape index (κ1) is 13.5. The molecular weight excluding hydrogens is 259 g/mol. The zero-order valence-corrected chi connectivity index (χ0v) is 11.9. The lowest BCUT2D eigenvalue weighted by Crippen LogP contribution is -2.43. The number of nitrogen functional groups attached to an aromatic ring is 1. The first-order valence-electron chi connectivity index (χ1n) is 7.19. The lowest BCUT2D eigenvalue weighted by Gasteiger charge is -2.34. The number of morpholine rings is 1. The molecule has 0 spiro atoms. The quantitative estimate of drug-likeness (QED) is 0.864. The molecule has 0 amide bonds. The number of halogens is 1. The molecule has 110 valence electrons. The maximum atomic E-state index is 13.9. The molecule has 2 unspecified atom stereocenters. The summed E-state index contributed by atoms with van der Waals surface area (Å²) in [5, 5.41) is 0. The van der Waals surface area contributed by atoms with Crippen LogP contribution in [0.1, 0.15) is 26.7 Å². The number of anilines is 2. The Morgan fingerprint density at radius 3 is 2.55 bits per heavy atom. The number of nitrogens with zero attached hydrogens (tertiary/aromatic N) is 1. The number of ether oxygens (including phenoxy) is 2. The topological polar surface area (TPSA) is 47.7 Å². The van der Waals surface area contributed by atoms with Gasteiger partial charge in [0.2, 0.25) is 0 Å². The summed E-state index contributed by atoms with van der Waals surface area (Å²) < 4.78 is 25.2. The van der Waals surface area contributed by atoms with E-state index >= 15 is 0 Å². The van der Waals surface area contributed by atoms with E-state index in [1.165, 1.54) is 6.07 Å². The van der Waals surface area contributed by atoms with Crippen molar-refractivity contribution in [1.29, 1.82) is 0 Å². The van der Waals surface area contributed by atoms with Gasteiger partial charge in [0.25, 0.3) is 0 Å². The van der Waals surface area contributed by atoms with E-state index in [-0.39, 0.29) is 24.1 Å². The van der Waals surface area contributed by atoms with Crippen molar-refractivity contribution in [2.75, 3.05) is 23.7 Å². The van der Waals surface area contributed by atoms with Crippen LogP contribution >= 0.6 is 0 Å². The Labute approximate surface area is 118 Å². The fraction of sp³-hybridized carbons (Fsp3) is 0.600. The van der Waals surface area contributed by atoms with Crippen molar-refractivity contribution >= 4 is 11.4 Å². The Morgan fingerprint density at radius 2 is 1.95 bits per heavy atom. The Kier molecular flexibility index (Phi) is 3.46. The molecule has 5 heteroatoms. The second-order valence-corrected chi connectivity index (χ2v) is 5.87. The molecule has 2 saturated heterocycles. The molecule has 2 heterocycles. The molecule has 2 aliphatic heterocycles. The van der Waals surface area contributed by atoms with E-state index in [0.29, 0.717) is 5.69 Å². The number of fused-ring (bicyclic) bond motifs is 2. The van der Waals surface area contributed by atoms with Gasteiger partial charge in [0.1, 0.15) is 0 Å². The number of rotatable bonds is 3. The van der Waals surface area contributed by atoms with Gasteiger partial charge in [-0.2, -0.15) is 0 Å². The molecule has 3 rings (SSSR count). The van der Waals surface area contributed by atoms with Gasteiger partial charge in [0.15, 0.2) is 11.6 Å². The van der Waals surface area contributed by atoms with Gasteiger partial charge in [-0.3, -0.25) is 0 Å². The predicted octanol–water partition coefficient (Wildman–Crippen LogP) is 2.56. The monoisotopic (exact) mass is 280 g/mol. The fourth-order valence-electron chi connectivity index (χ4n) is 2.99. The summed E-state index contributed by atoms with van der Waals surface area (Å²) in [5.74, 6) is -0.140. The molecule has 2 N–H and O–H groups in total. The van der Waals surface area contributed by atoms with Gasteiger partial charge in [-0.05, 0) is 26.7 Å². The maximum absolute atomic E-state index is 13.9. The Balaban J connectivity index is 1.88. The highest BCUT2D eigenvalue weighted by Gasteiger charge is 2.34. The second kappa shape index (κ2) is 5.13. The first-order valence-corrected chi connectivity index (χ1v) is 7.19. The summed E-state index contributed by atoms with van der Waals surface area (Å²) in [7, 11) is 0. The number of nitrogens with two attached hydrogens (primary N) is 1. The van der Waals surface area contributed by atoms with Crippen LogP contribution in [0, 0.1) is 5.82 Å². The third-order valence-electron chi connectivity index (χ3n) is 3.83. The minimum absolute atomic E-state index is 0.0677. The highest BCUT2D eigenvalue weighted by Crippen LogP contribution is 2.36. The number of benzene rings is 1. The molecule has 2 fully saturated rings. The molecular formula is C15H21FN2O2. The van der Waals surface area contributed by atoms with Crippen molar-refractivity contribution in [3.05, 3.63) is 17.9 Å². The van der Waals surface area contributed by atoms with Crippen LogP contribution in [0.5, 0.6) is 5.75 Å². The average molecular weight is 280 g/mol. The van der Waals surface area contributed by atoms with E-state index in [2.05, 4.69) is 4.90 Å². The Hall–Kier alpha value is -1.49. The van der Waals surface area contributed by atoms with Crippen LogP contribution in [-0.4, -0.2) is 31.4 Å². The van der Waals surface area contributed by atoms with Gasteiger partial charge in [-0.25, -0.2) is 4.39 Å². The summed E-state index contributed by atoms with van der Waals surface area (Å²) in [6.45, 7) is 5.38. The molecule has 0 radical (unpaired) electrons. The normalized spacial score (nSPS) is 25.3. The van der Waals surface area contributed by atoms with Crippen LogP contribution in [0.25, 0.3) is 0 Å². The van der Waals surface area contributed by atoms with Crippen LogP contribution in [0.4, 0.5) is 15.8 Å². The smallest absolute Gasteiger partial charge is 0.167 e. The SMILES string of the molecule is CC(C)Oc1cc(N2CC3CCC(C2)O3)c(N)cc1F. The first-order chi connectivity index (χ1) is 9.52. The lowest BCUT2D eigenvalue weighted by atomic mass is 10.2. The second-order valence-electron chi connectivity index (χ2n) is 5.87. The summed E-state index contributed by atoms with van der Waals surface area (Å²) in [4.78, 5) is 2.19. The average Bonchev–Trinajstić information content (AvgIpc) is 2.71. The molecule has 20 heavy (non-hydrogen) atoms. The van der Waals surface area contributed by atoms with Crippen LogP contribution in [0.2, 0.25) is 0 Å². The van der Waals surface area contributed by atoms with Crippen molar-refractivity contribution < 1.29 is 13.9 Å². The van der Waals surface area contributed by atoms with Crippen LogP contribution in [0.15, 0.2) is 12.1 Å². The Bertz CT molecular complexity index is 495. The van der Waals surface area contributed by atoms with Crippen molar-refractivity contribution in [3.8, 4) is 5.75 Å². The van der Waals surface area contributed by atoms with Gasteiger partial charge >= 0.3 is 0 Å². The molecule has 0 aromatic heterocycles. The standard InChI is InChI=1S/C15H21FN2O2/c1-9(2)19-15-6-14(13(17)5-12(15)16)18-7-10-3-4-11(8-18)20-10/h5-6,9-11H,3-4,7-8,17H2,1-2H3. The van der Waals surface area contributed by atoms with Crippen LogP contribution in [-0.2, 0) is 4.74 Å². The van der Waals surface area contributed by atoms with Gasteiger partial charge in [0, 0.05) is 25.2 Å². The summed E-state index contributed by atoms with van der Waals surface area (Å²) in [6.07, 6.45) is 2.66. The molecule has 2 bridgehead atoms. The van der Waals surface area contributed by atoms with E-state index in [1.807, 2.05) is 13.8 Å². The molecule has 1 aromatic rings. The van der Waals surface area contributed by atoms with Crippen LogP contribution < -0.4 is 15.4 Å². The fourth-order valence-corrected chi connectivity index (χ4v) is 2.99. The summed E-state index contributed by atoms with van der Waals surface area (Å²) in [5.41, 5.74) is 7.29. The van der Waals surface area contributed by atoms with E-state index in [0.717, 1.165) is 31.6 Å². The highest BCUT2D eigenvalue weighted by atomic mass is 19.1. The predicted molar refractivity (Wildman–Crippen MR) is 76.7 cm³/mol. The molecule has 1 aromatic carbocycles. The number of hydrogen-bond acceptors (Lipinski definition) is 4. The minimum Gasteiger partial charge on any atom is -0.488 e. The minimum atomic E-state index is -0.406. The largest absolute Gasteiger partial charge is 0.488 e. The third-order valence-corrected chi connectivity index (χ3v) is 3.83. The summed E-state index contributed by atoms with van der Waals surface area (Å²) in [6, 6.07) is 3.07. The third kappa shape index (κ3) is 2.54. The van der Waals surface area contributed by atoms with Gasteiger partial charge in [0.05, 0.1) is 29.7 Å². The van der Waals surface area contributed by atoms with Crippen molar-refractivity contribution in [2.24, 2.45) is 0 Å². The zero-order chi connectivity index (χ0) is 14.3. The zero-order valence-electron chi connectivity index (χ0n) is 11.9. The van der Waals surface area contributed by atoms with E-state index in [1.54, 1.807) is 6.07 Å². The van der Waals surface area contributed by atoms with Crippen molar-refractivity contribution in [3.63, 3.8) is 0 Å². The van der Waals surface area contributed by atoms with E-state index < -0.39 is 5.82 Å². The molecule has 0 aliphatic carbocycles. The molecule has 4 nitrogen and oxygen atoms in total. The highest BCUT2D eigenvalue weighted by molar-refractivity contribution is 5.70. The lowest BCUT2D eigenvalue weighted by molar-refractivity contribution is 0.0305. The molecule has 0 saturated carbocycles. The van der Waals surface area contributed by atoms with E-state index in [9.17, 15) is 4.39 Å². The number of hydrogen-bond donors (Lipinski definition) is 1. The van der Waals surface area contributed by atoms with Gasteiger partial charge in [-0.15, -0.1) is 0 Å².